The van der Waals surface area contributed by atoms with Crippen LogP contribution >= 0.6 is 0 Å². The fourth-order valence-electron chi connectivity index (χ4n) is 1.29. The maximum absolute atomic E-state index is 5.47. The Balaban J connectivity index is 2.95. The van der Waals surface area contributed by atoms with E-state index in [1.54, 1.807) is 0 Å². The number of nitrogens with two attached hydrogens (primary N) is 1. The number of nitrogens with one attached hydrogen (secondary N) is 1. The Hall–Kier alpha value is -1.13. The average molecular weight is 194 g/mol. The second-order valence-electron chi connectivity index (χ2n) is 3.72. The molecule has 4 heteroatoms. The highest BCUT2D eigenvalue weighted by molar-refractivity contribution is 5.18. The third-order valence-corrected chi connectivity index (χ3v) is 2.13. The van der Waals surface area contributed by atoms with Gasteiger partial charge in [0.2, 0.25) is 0 Å². The normalized spacial score (nSPS) is 12.6. The Kier molecular flexibility index (Phi) is 3.43. The Bertz CT molecular complexity index is 314. The molecule has 0 bridgehead atoms. The fourth-order valence-corrected chi connectivity index (χ4v) is 1.29. The third kappa shape index (κ3) is 2.43. The molecule has 0 fully saturated rings. The van der Waals surface area contributed by atoms with E-state index in [2.05, 4.69) is 16.6 Å². The Morgan fingerprint density at radius 2 is 2.29 bits per heavy atom. The van der Waals surface area contributed by atoms with Crippen LogP contribution in [0.15, 0.2) is 17.7 Å². The van der Waals surface area contributed by atoms with Gasteiger partial charge in [-0.15, -0.1) is 0 Å². The molecule has 0 aliphatic rings. The molecule has 0 radical (unpaired) electrons. The third-order valence-electron chi connectivity index (χ3n) is 2.13. The first-order valence-electron chi connectivity index (χ1n) is 4.66. The van der Waals surface area contributed by atoms with Gasteiger partial charge in [0.1, 0.15) is 0 Å². The molecule has 14 heavy (non-hydrogen) atoms. The number of hydrazine groups is 1. The zero-order valence-electron chi connectivity index (χ0n) is 9.20. The molecule has 0 aromatic carbocycles. The fraction of sp³-hybridized carbons (Fsp3) is 0.500. The van der Waals surface area contributed by atoms with Crippen LogP contribution in [0.1, 0.15) is 31.3 Å². The van der Waals surface area contributed by atoms with Crippen molar-refractivity contribution >= 4 is 0 Å². The molecule has 0 amide bonds. The molecule has 1 unspecified atom stereocenters. The summed E-state index contributed by atoms with van der Waals surface area (Å²) in [5, 5.41) is 4.36. The van der Waals surface area contributed by atoms with Crippen LogP contribution in [0.3, 0.4) is 0 Å². The molecule has 3 N–H and O–H groups in total. The van der Waals surface area contributed by atoms with Crippen molar-refractivity contribution in [3.05, 3.63) is 29.1 Å². The number of hydrogen-bond donors (Lipinski definition) is 2. The van der Waals surface area contributed by atoms with Gasteiger partial charge in [-0.2, -0.15) is 5.10 Å². The second kappa shape index (κ2) is 4.39. The highest BCUT2D eigenvalue weighted by atomic mass is 15.3. The molecule has 1 rings (SSSR count). The summed E-state index contributed by atoms with van der Waals surface area (Å²) in [6.07, 6.45) is 2.06. The van der Waals surface area contributed by atoms with Crippen molar-refractivity contribution in [2.24, 2.45) is 12.9 Å². The summed E-state index contributed by atoms with van der Waals surface area (Å²) >= 11 is 0. The predicted molar refractivity (Wildman–Crippen MR) is 57.4 cm³/mol. The van der Waals surface area contributed by atoms with E-state index in [9.17, 15) is 0 Å². The summed E-state index contributed by atoms with van der Waals surface area (Å²) in [4.78, 5) is 0. The number of aryl methyl sites for hydroxylation is 2. The lowest BCUT2D eigenvalue weighted by molar-refractivity contribution is 0.614. The summed E-state index contributed by atoms with van der Waals surface area (Å²) < 4.78 is 1.85. The van der Waals surface area contributed by atoms with Gasteiger partial charge in [0.25, 0.3) is 0 Å². The van der Waals surface area contributed by atoms with Gasteiger partial charge >= 0.3 is 0 Å². The Morgan fingerprint density at radius 1 is 1.64 bits per heavy atom. The molecule has 1 aromatic heterocycles. The maximum atomic E-state index is 5.47. The molecular weight excluding hydrogens is 176 g/mol. The molecule has 0 saturated carbocycles. The van der Waals surface area contributed by atoms with Crippen molar-refractivity contribution < 1.29 is 0 Å². The lowest BCUT2D eigenvalue weighted by atomic mass is 10.1. The first-order chi connectivity index (χ1) is 6.54. The van der Waals surface area contributed by atoms with Crippen LogP contribution in [0.25, 0.3) is 0 Å². The largest absolute Gasteiger partial charge is 0.273 e. The van der Waals surface area contributed by atoms with Crippen LogP contribution in [0.5, 0.6) is 0 Å². The van der Waals surface area contributed by atoms with Crippen molar-refractivity contribution in [2.45, 2.75) is 26.8 Å². The first-order valence-corrected chi connectivity index (χ1v) is 4.66. The van der Waals surface area contributed by atoms with E-state index in [0.717, 1.165) is 11.4 Å². The van der Waals surface area contributed by atoms with Crippen molar-refractivity contribution in [2.75, 3.05) is 0 Å². The first kappa shape index (κ1) is 10.9. The van der Waals surface area contributed by atoms with E-state index < -0.39 is 0 Å². The standard InChI is InChI=1S/C10H18N4/c1-7(2)5-9(12-11)10-6-8(3)14(4)13-10/h5-6,9,12H,11H2,1-4H3. The number of aromatic nitrogens is 2. The minimum absolute atomic E-state index is 0.0000926. The molecular formula is C10H18N4. The molecule has 1 aromatic rings. The number of hydrogen-bond acceptors (Lipinski definition) is 3. The van der Waals surface area contributed by atoms with Crippen LogP contribution in [-0.4, -0.2) is 9.78 Å². The summed E-state index contributed by atoms with van der Waals surface area (Å²) in [5.74, 6) is 5.47. The van der Waals surface area contributed by atoms with Crippen molar-refractivity contribution in [3.8, 4) is 0 Å². The molecule has 0 aliphatic carbocycles. The molecule has 0 saturated heterocycles. The number of allylic oxidation sites excluding steroid dienone is 1. The lowest BCUT2D eigenvalue weighted by Gasteiger charge is -2.08. The van der Waals surface area contributed by atoms with Gasteiger partial charge < -0.3 is 0 Å². The highest BCUT2D eigenvalue weighted by Crippen LogP contribution is 2.14. The van der Waals surface area contributed by atoms with Crippen LogP contribution in [-0.2, 0) is 7.05 Å². The van der Waals surface area contributed by atoms with Gasteiger partial charge in [-0.25, -0.2) is 5.43 Å². The smallest absolute Gasteiger partial charge is 0.0849 e. The van der Waals surface area contributed by atoms with Gasteiger partial charge in [-0.1, -0.05) is 11.6 Å². The summed E-state index contributed by atoms with van der Waals surface area (Å²) in [6, 6.07) is 2.03. The van der Waals surface area contributed by atoms with Crippen LogP contribution in [0.4, 0.5) is 0 Å². The Morgan fingerprint density at radius 3 is 2.64 bits per heavy atom. The van der Waals surface area contributed by atoms with E-state index in [4.69, 9.17) is 5.84 Å². The summed E-state index contributed by atoms with van der Waals surface area (Å²) in [6.45, 7) is 6.10. The topological polar surface area (TPSA) is 55.9 Å². The average Bonchev–Trinajstić information content (AvgIpc) is 2.42. The van der Waals surface area contributed by atoms with E-state index in [0.29, 0.717) is 0 Å². The number of nitrogens with zero attached hydrogens (tertiary/aromatic N) is 2. The molecule has 0 aliphatic heterocycles. The number of rotatable bonds is 3. The summed E-state index contributed by atoms with van der Waals surface area (Å²) in [7, 11) is 1.93. The molecule has 78 valence electrons. The minimum atomic E-state index is -0.0000926. The zero-order valence-corrected chi connectivity index (χ0v) is 9.20. The molecule has 1 heterocycles. The predicted octanol–water partition coefficient (Wildman–Crippen LogP) is 1.20. The maximum Gasteiger partial charge on any atom is 0.0849 e. The van der Waals surface area contributed by atoms with E-state index in [1.807, 2.05) is 38.6 Å². The van der Waals surface area contributed by atoms with Crippen molar-refractivity contribution in [1.82, 2.24) is 15.2 Å². The zero-order chi connectivity index (χ0) is 10.7. The van der Waals surface area contributed by atoms with Gasteiger partial charge in [-0.05, 0) is 26.8 Å². The van der Waals surface area contributed by atoms with Gasteiger partial charge in [0.15, 0.2) is 0 Å². The van der Waals surface area contributed by atoms with Crippen LogP contribution in [0.2, 0.25) is 0 Å². The Labute approximate surface area is 84.8 Å². The van der Waals surface area contributed by atoms with Gasteiger partial charge in [-0.3, -0.25) is 10.5 Å². The van der Waals surface area contributed by atoms with Gasteiger partial charge in [0, 0.05) is 12.7 Å². The van der Waals surface area contributed by atoms with Crippen molar-refractivity contribution in [1.29, 1.82) is 0 Å². The monoisotopic (exact) mass is 194 g/mol. The minimum Gasteiger partial charge on any atom is -0.273 e. The van der Waals surface area contributed by atoms with Crippen LogP contribution < -0.4 is 11.3 Å². The SMILES string of the molecule is CC(C)=CC(NN)c1cc(C)n(C)n1. The second-order valence-corrected chi connectivity index (χ2v) is 3.72. The van der Waals surface area contributed by atoms with Crippen LogP contribution in [0, 0.1) is 6.92 Å². The van der Waals surface area contributed by atoms with Gasteiger partial charge in [0.05, 0.1) is 11.7 Å². The molecule has 1 atom stereocenters. The van der Waals surface area contributed by atoms with E-state index >= 15 is 0 Å². The lowest BCUT2D eigenvalue weighted by Crippen LogP contribution is -2.27. The van der Waals surface area contributed by atoms with E-state index in [-0.39, 0.29) is 6.04 Å². The quantitative estimate of drug-likeness (QED) is 0.432. The van der Waals surface area contributed by atoms with E-state index in [1.165, 1.54) is 5.57 Å². The molecule has 4 nitrogen and oxygen atoms in total. The highest BCUT2D eigenvalue weighted by Gasteiger charge is 2.10. The van der Waals surface area contributed by atoms with Crippen molar-refractivity contribution in [3.63, 3.8) is 0 Å². The molecule has 0 spiro atoms. The summed E-state index contributed by atoms with van der Waals surface area (Å²) in [5.41, 5.74) is 6.04.